The molecule has 2 aromatic heterocycles. The predicted molar refractivity (Wildman–Crippen MR) is 96.5 cm³/mol. The third kappa shape index (κ3) is 3.75. The Morgan fingerprint density at radius 3 is 2.78 bits per heavy atom. The minimum atomic E-state index is -0.293. The van der Waals surface area contributed by atoms with Crippen LogP contribution in [0.1, 0.15) is 16.2 Å². The molecule has 23 heavy (non-hydrogen) atoms. The van der Waals surface area contributed by atoms with Crippen molar-refractivity contribution in [2.75, 3.05) is 10.6 Å². The van der Waals surface area contributed by atoms with E-state index in [1.807, 2.05) is 43.3 Å². The molecule has 116 valence electrons. The summed E-state index contributed by atoms with van der Waals surface area (Å²) in [7, 11) is 0. The molecule has 7 heteroatoms. The molecule has 2 heterocycles. The number of anilines is 3. The zero-order chi connectivity index (χ0) is 16.2. The Morgan fingerprint density at radius 1 is 1.17 bits per heavy atom. The van der Waals surface area contributed by atoms with Gasteiger partial charge in [0.1, 0.15) is 10.8 Å². The van der Waals surface area contributed by atoms with Crippen molar-refractivity contribution in [3.05, 3.63) is 63.8 Å². The molecule has 0 bridgehead atoms. The maximum Gasteiger partial charge on any atom is 0.278 e. The number of nitrogens with one attached hydrogen (secondary N) is 2. The van der Waals surface area contributed by atoms with Gasteiger partial charge in [0.25, 0.3) is 5.91 Å². The summed E-state index contributed by atoms with van der Waals surface area (Å²) in [6, 6.07) is 13.2. The molecule has 0 radical (unpaired) electrons. The van der Waals surface area contributed by atoms with E-state index in [9.17, 15) is 4.79 Å². The molecule has 0 fully saturated rings. The number of para-hydroxylation sites is 1. The van der Waals surface area contributed by atoms with E-state index in [0.717, 1.165) is 15.9 Å². The van der Waals surface area contributed by atoms with Gasteiger partial charge in [-0.1, -0.05) is 18.2 Å². The number of thiazole rings is 1. The van der Waals surface area contributed by atoms with E-state index in [-0.39, 0.29) is 5.91 Å². The van der Waals surface area contributed by atoms with Gasteiger partial charge < -0.3 is 10.6 Å². The topological polar surface area (TPSA) is 66.9 Å². The Bertz CT molecular complexity index is 849. The molecule has 0 atom stereocenters. The highest BCUT2D eigenvalue weighted by Gasteiger charge is 2.16. The third-order valence-electron chi connectivity index (χ3n) is 3.03. The monoisotopic (exact) mass is 388 g/mol. The highest BCUT2D eigenvalue weighted by Crippen LogP contribution is 2.29. The lowest BCUT2D eigenvalue weighted by molar-refractivity contribution is 0.102. The Balaban J connectivity index is 1.80. The van der Waals surface area contributed by atoms with Crippen LogP contribution in [0.15, 0.2) is 52.4 Å². The largest absolute Gasteiger partial charge is 0.344 e. The van der Waals surface area contributed by atoms with Crippen LogP contribution in [-0.4, -0.2) is 15.9 Å². The lowest BCUT2D eigenvalue weighted by Crippen LogP contribution is -2.15. The number of hydrogen-bond donors (Lipinski definition) is 2. The van der Waals surface area contributed by atoms with Crippen LogP contribution in [0.4, 0.5) is 16.5 Å². The second-order valence-electron chi connectivity index (χ2n) is 4.75. The molecule has 0 aliphatic carbocycles. The van der Waals surface area contributed by atoms with Crippen LogP contribution >= 0.6 is 27.3 Å². The van der Waals surface area contributed by atoms with Crippen molar-refractivity contribution in [1.82, 2.24) is 9.97 Å². The summed E-state index contributed by atoms with van der Waals surface area (Å²) in [6.07, 6.45) is 0. The molecule has 3 rings (SSSR count). The summed E-state index contributed by atoms with van der Waals surface area (Å²) in [6.45, 7) is 1.87. The first-order valence-electron chi connectivity index (χ1n) is 6.83. The first-order valence-corrected chi connectivity index (χ1v) is 8.51. The lowest BCUT2D eigenvalue weighted by Gasteiger charge is -2.08. The van der Waals surface area contributed by atoms with Gasteiger partial charge >= 0.3 is 0 Å². The molecular weight excluding hydrogens is 376 g/mol. The number of amides is 1. The van der Waals surface area contributed by atoms with E-state index in [4.69, 9.17) is 0 Å². The van der Waals surface area contributed by atoms with Crippen LogP contribution < -0.4 is 10.6 Å². The van der Waals surface area contributed by atoms with Crippen molar-refractivity contribution in [2.24, 2.45) is 0 Å². The summed E-state index contributed by atoms with van der Waals surface area (Å²) in [5.74, 6) is 0.216. The van der Waals surface area contributed by atoms with E-state index in [0.29, 0.717) is 16.5 Å². The number of pyridine rings is 1. The zero-order valence-corrected chi connectivity index (χ0v) is 14.6. The normalized spacial score (nSPS) is 10.3. The fourth-order valence-electron chi connectivity index (χ4n) is 1.97. The zero-order valence-electron chi connectivity index (χ0n) is 12.2. The van der Waals surface area contributed by atoms with Crippen molar-refractivity contribution in [2.45, 2.75) is 6.92 Å². The van der Waals surface area contributed by atoms with Gasteiger partial charge in [0.05, 0.1) is 11.2 Å². The maximum atomic E-state index is 12.4. The number of aryl methyl sites for hydroxylation is 1. The molecule has 3 aromatic rings. The smallest absolute Gasteiger partial charge is 0.278 e. The van der Waals surface area contributed by atoms with Gasteiger partial charge in [-0.3, -0.25) is 4.79 Å². The molecule has 0 unspecified atom stereocenters. The molecular formula is C16H13BrN4OS. The van der Waals surface area contributed by atoms with Gasteiger partial charge in [-0.15, -0.1) is 11.3 Å². The van der Waals surface area contributed by atoms with Gasteiger partial charge in [0, 0.05) is 10.2 Å². The minimum absolute atomic E-state index is 0.293. The molecule has 1 amide bonds. The quantitative estimate of drug-likeness (QED) is 0.684. The minimum Gasteiger partial charge on any atom is -0.344 e. The fraction of sp³-hybridized carbons (Fsp3) is 0.0625. The number of carbonyl (C=O) groups is 1. The highest BCUT2D eigenvalue weighted by atomic mass is 79.9. The molecule has 1 aromatic carbocycles. The molecule has 0 saturated heterocycles. The van der Waals surface area contributed by atoms with E-state index in [1.54, 1.807) is 11.6 Å². The van der Waals surface area contributed by atoms with E-state index < -0.39 is 0 Å². The number of halogens is 1. The van der Waals surface area contributed by atoms with Crippen molar-refractivity contribution in [3.8, 4) is 0 Å². The Kier molecular flexibility index (Phi) is 4.68. The average molecular weight is 389 g/mol. The van der Waals surface area contributed by atoms with Gasteiger partial charge in [-0.2, -0.15) is 0 Å². The number of carbonyl (C=O) groups excluding carboxylic acids is 1. The number of rotatable bonds is 4. The van der Waals surface area contributed by atoms with Crippen molar-refractivity contribution >= 4 is 49.7 Å². The number of aromatic nitrogens is 2. The standard InChI is InChI=1S/C16H13BrN4OS/c1-10-5-4-8-13(19-10)21-15(22)14-16(23-9-18-14)20-12-7-3-2-6-11(12)17/h2-9,20H,1H3,(H,19,21,22). The fourth-order valence-corrected chi connectivity index (χ4v) is 3.04. The maximum absolute atomic E-state index is 12.4. The van der Waals surface area contributed by atoms with Crippen LogP contribution in [0.2, 0.25) is 0 Å². The van der Waals surface area contributed by atoms with Gasteiger partial charge in [-0.05, 0) is 47.1 Å². The molecule has 0 aliphatic rings. The molecule has 2 N–H and O–H groups in total. The van der Waals surface area contributed by atoms with Gasteiger partial charge in [-0.25, -0.2) is 9.97 Å². The molecule has 5 nitrogen and oxygen atoms in total. The second-order valence-corrected chi connectivity index (χ2v) is 6.46. The van der Waals surface area contributed by atoms with Crippen LogP contribution in [0.25, 0.3) is 0 Å². The van der Waals surface area contributed by atoms with E-state index in [2.05, 4.69) is 36.5 Å². The number of benzene rings is 1. The van der Waals surface area contributed by atoms with Crippen LogP contribution in [0.5, 0.6) is 0 Å². The Labute approximate surface area is 145 Å². The van der Waals surface area contributed by atoms with Crippen molar-refractivity contribution in [1.29, 1.82) is 0 Å². The van der Waals surface area contributed by atoms with Crippen LogP contribution in [-0.2, 0) is 0 Å². The van der Waals surface area contributed by atoms with Crippen molar-refractivity contribution < 1.29 is 4.79 Å². The summed E-state index contributed by atoms with van der Waals surface area (Å²) in [4.78, 5) is 20.9. The summed E-state index contributed by atoms with van der Waals surface area (Å²) >= 11 is 4.85. The van der Waals surface area contributed by atoms with Crippen LogP contribution in [0.3, 0.4) is 0 Å². The summed E-state index contributed by atoms with van der Waals surface area (Å²) in [5, 5.41) is 6.68. The summed E-state index contributed by atoms with van der Waals surface area (Å²) in [5.41, 5.74) is 3.69. The number of hydrogen-bond acceptors (Lipinski definition) is 5. The predicted octanol–water partition coefficient (Wildman–Crippen LogP) is 4.60. The van der Waals surface area contributed by atoms with E-state index >= 15 is 0 Å². The van der Waals surface area contributed by atoms with Gasteiger partial charge in [0.15, 0.2) is 5.69 Å². The first-order chi connectivity index (χ1) is 11.1. The van der Waals surface area contributed by atoms with E-state index in [1.165, 1.54) is 11.3 Å². The van der Waals surface area contributed by atoms with Crippen LogP contribution in [0, 0.1) is 6.92 Å². The first kappa shape index (κ1) is 15.6. The summed E-state index contributed by atoms with van der Waals surface area (Å²) < 4.78 is 0.917. The molecule has 0 saturated carbocycles. The number of nitrogens with zero attached hydrogens (tertiary/aromatic N) is 2. The van der Waals surface area contributed by atoms with Gasteiger partial charge in [0.2, 0.25) is 0 Å². The SMILES string of the molecule is Cc1cccc(NC(=O)c2ncsc2Nc2ccccc2Br)n1. The highest BCUT2D eigenvalue weighted by molar-refractivity contribution is 9.10. The van der Waals surface area contributed by atoms with Crippen molar-refractivity contribution in [3.63, 3.8) is 0 Å². The molecule has 0 spiro atoms. The third-order valence-corrected chi connectivity index (χ3v) is 4.47. The Hall–Kier alpha value is -2.25. The molecule has 0 aliphatic heterocycles. The lowest BCUT2D eigenvalue weighted by atomic mass is 10.3. The Morgan fingerprint density at radius 2 is 2.00 bits per heavy atom. The second kappa shape index (κ2) is 6.89. The average Bonchev–Trinajstić information content (AvgIpc) is 2.98.